The number of rotatable bonds is 2. The first-order valence-electron chi connectivity index (χ1n) is 6.39. The third-order valence-electron chi connectivity index (χ3n) is 3.53. The number of nitrogens with two attached hydrogens (primary N) is 1. The van der Waals surface area contributed by atoms with E-state index in [2.05, 4.69) is 10.3 Å². The van der Waals surface area contributed by atoms with Crippen molar-refractivity contribution < 1.29 is 14.7 Å². The van der Waals surface area contributed by atoms with Crippen LogP contribution in [0.2, 0.25) is 10.0 Å². The predicted molar refractivity (Wildman–Crippen MR) is 79.0 cm³/mol. The second-order valence-corrected chi connectivity index (χ2v) is 5.77. The summed E-state index contributed by atoms with van der Waals surface area (Å²) in [5.41, 5.74) is 6.71. The van der Waals surface area contributed by atoms with E-state index >= 15 is 0 Å². The highest BCUT2D eigenvalue weighted by Crippen LogP contribution is 2.29. The Morgan fingerprint density at radius 1 is 1.43 bits per heavy atom. The van der Waals surface area contributed by atoms with Gasteiger partial charge < -0.3 is 26.0 Å². The van der Waals surface area contributed by atoms with Gasteiger partial charge >= 0.3 is 6.09 Å². The fourth-order valence-electron chi connectivity index (χ4n) is 2.30. The van der Waals surface area contributed by atoms with Gasteiger partial charge in [-0.05, 0) is 13.3 Å². The number of likely N-dealkylation sites (tertiary alicyclic amines) is 1. The number of carboxylic acid groups (broad SMARTS) is 1. The van der Waals surface area contributed by atoms with Crippen LogP contribution in [0.5, 0.6) is 0 Å². The first kappa shape index (κ1) is 15.9. The van der Waals surface area contributed by atoms with Crippen molar-refractivity contribution >= 4 is 35.2 Å². The van der Waals surface area contributed by atoms with Gasteiger partial charge in [-0.2, -0.15) is 0 Å². The van der Waals surface area contributed by atoms with E-state index in [0.29, 0.717) is 23.7 Å². The molecule has 2 rings (SSSR count). The quantitative estimate of drug-likeness (QED) is 0.655. The molecule has 1 aromatic rings. The lowest BCUT2D eigenvalue weighted by atomic mass is 10.0. The summed E-state index contributed by atoms with van der Waals surface area (Å²) >= 11 is 11.9. The molecule has 0 bridgehead atoms. The number of carbonyl (C=O) groups is 2. The molecule has 0 aromatic carbocycles. The van der Waals surface area contributed by atoms with Crippen LogP contribution < -0.4 is 11.1 Å². The molecule has 1 saturated heterocycles. The van der Waals surface area contributed by atoms with Crippen molar-refractivity contribution in [2.75, 3.05) is 13.1 Å². The molecule has 0 saturated carbocycles. The molecule has 2 amide bonds. The first-order chi connectivity index (χ1) is 9.81. The standard InChI is InChI=1S/C12H16Cl2N4O3/c1-5-8(13)9(14)10(16-5)11(19)17-7-2-3-18(12(20)21)4-6(7)15/h6-7,16H,2-4,15H2,1H3,(H,17,19)(H,20,21)/t6-,7+/m0/s1. The van der Waals surface area contributed by atoms with Crippen LogP contribution in [0.1, 0.15) is 22.6 Å². The minimum Gasteiger partial charge on any atom is -0.465 e. The first-order valence-corrected chi connectivity index (χ1v) is 7.14. The smallest absolute Gasteiger partial charge is 0.407 e. The summed E-state index contributed by atoms with van der Waals surface area (Å²) in [6.45, 7) is 2.22. The summed E-state index contributed by atoms with van der Waals surface area (Å²) in [5.74, 6) is -0.403. The van der Waals surface area contributed by atoms with Gasteiger partial charge in [-0.1, -0.05) is 23.2 Å². The number of nitrogens with zero attached hydrogens (tertiary/aromatic N) is 1. The number of aromatic nitrogens is 1. The minimum atomic E-state index is -1.01. The van der Waals surface area contributed by atoms with Crippen molar-refractivity contribution in [3.05, 3.63) is 21.4 Å². The van der Waals surface area contributed by atoms with Crippen LogP contribution in [0.3, 0.4) is 0 Å². The van der Waals surface area contributed by atoms with Gasteiger partial charge in [0.15, 0.2) is 0 Å². The van der Waals surface area contributed by atoms with E-state index < -0.39 is 18.0 Å². The van der Waals surface area contributed by atoms with Gasteiger partial charge in [0.25, 0.3) is 5.91 Å². The highest BCUT2D eigenvalue weighted by Gasteiger charge is 2.31. The van der Waals surface area contributed by atoms with Gasteiger partial charge in [0, 0.05) is 30.9 Å². The minimum absolute atomic E-state index is 0.170. The van der Waals surface area contributed by atoms with Crippen LogP contribution in [0.4, 0.5) is 4.79 Å². The Morgan fingerprint density at radius 3 is 2.57 bits per heavy atom. The molecule has 9 heteroatoms. The average Bonchev–Trinajstić information content (AvgIpc) is 2.68. The number of aromatic amines is 1. The maximum Gasteiger partial charge on any atom is 0.407 e. The SMILES string of the molecule is Cc1[nH]c(C(=O)N[C@@H]2CCN(C(=O)O)C[C@@H]2N)c(Cl)c1Cl. The van der Waals surface area contributed by atoms with Gasteiger partial charge in [0.1, 0.15) is 5.69 Å². The molecule has 1 aromatic heterocycles. The molecule has 1 fully saturated rings. The maximum absolute atomic E-state index is 12.2. The highest BCUT2D eigenvalue weighted by atomic mass is 35.5. The maximum atomic E-state index is 12.2. The normalized spacial score (nSPS) is 22.2. The Kier molecular flexibility index (Phi) is 4.65. The third-order valence-corrected chi connectivity index (χ3v) is 4.47. The number of aryl methyl sites for hydroxylation is 1. The second-order valence-electron chi connectivity index (χ2n) is 5.01. The molecule has 2 heterocycles. The number of amides is 2. The van der Waals surface area contributed by atoms with Gasteiger partial charge in [-0.3, -0.25) is 4.79 Å². The Hall–Kier alpha value is -1.44. The molecule has 116 valence electrons. The van der Waals surface area contributed by atoms with Crippen LogP contribution in [0.25, 0.3) is 0 Å². The van der Waals surface area contributed by atoms with E-state index in [1.54, 1.807) is 6.92 Å². The number of piperidine rings is 1. The van der Waals surface area contributed by atoms with Crippen molar-refractivity contribution in [1.29, 1.82) is 0 Å². The summed E-state index contributed by atoms with van der Waals surface area (Å²) in [5, 5.41) is 12.2. The fourth-order valence-corrected chi connectivity index (χ4v) is 2.72. The number of nitrogens with one attached hydrogen (secondary N) is 2. The number of halogens is 2. The average molecular weight is 335 g/mol. The third kappa shape index (κ3) is 3.25. The molecular formula is C12H16Cl2N4O3. The lowest BCUT2D eigenvalue weighted by Crippen LogP contribution is -2.58. The van der Waals surface area contributed by atoms with Crippen molar-refractivity contribution in [3.8, 4) is 0 Å². The lowest BCUT2D eigenvalue weighted by Gasteiger charge is -2.35. The molecule has 5 N–H and O–H groups in total. The van der Waals surface area contributed by atoms with Gasteiger partial charge in [0.05, 0.1) is 10.0 Å². The molecule has 2 atom stereocenters. The van der Waals surface area contributed by atoms with E-state index in [0.717, 1.165) is 0 Å². The van der Waals surface area contributed by atoms with Crippen molar-refractivity contribution in [2.24, 2.45) is 5.73 Å². The number of hydrogen-bond donors (Lipinski definition) is 4. The molecular weight excluding hydrogens is 319 g/mol. The largest absolute Gasteiger partial charge is 0.465 e. The zero-order valence-corrected chi connectivity index (χ0v) is 12.8. The van der Waals surface area contributed by atoms with Gasteiger partial charge in [-0.25, -0.2) is 4.79 Å². The Bertz CT molecular complexity index is 575. The number of hydrogen-bond acceptors (Lipinski definition) is 3. The van der Waals surface area contributed by atoms with E-state index in [1.165, 1.54) is 4.90 Å². The molecule has 0 radical (unpaired) electrons. The van der Waals surface area contributed by atoms with E-state index in [1.807, 2.05) is 0 Å². The Morgan fingerprint density at radius 2 is 2.10 bits per heavy atom. The van der Waals surface area contributed by atoms with Crippen LogP contribution in [-0.2, 0) is 0 Å². The van der Waals surface area contributed by atoms with Crippen LogP contribution in [-0.4, -0.2) is 52.2 Å². The zero-order chi connectivity index (χ0) is 15.7. The van der Waals surface area contributed by atoms with Crippen molar-refractivity contribution in [3.63, 3.8) is 0 Å². The summed E-state index contributed by atoms with van der Waals surface area (Å²) in [7, 11) is 0. The van der Waals surface area contributed by atoms with Crippen LogP contribution in [0, 0.1) is 6.92 Å². The van der Waals surface area contributed by atoms with E-state index in [-0.39, 0.29) is 23.3 Å². The van der Waals surface area contributed by atoms with Crippen molar-refractivity contribution in [2.45, 2.75) is 25.4 Å². The predicted octanol–water partition coefficient (Wildman–Crippen LogP) is 1.44. The summed E-state index contributed by atoms with van der Waals surface area (Å²) in [6.07, 6.45) is -0.561. The fraction of sp³-hybridized carbons (Fsp3) is 0.500. The summed E-state index contributed by atoms with van der Waals surface area (Å²) < 4.78 is 0. The van der Waals surface area contributed by atoms with Crippen LogP contribution >= 0.6 is 23.2 Å². The number of H-pyrrole nitrogens is 1. The molecule has 21 heavy (non-hydrogen) atoms. The lowest BCUT2D eigenvalue weighted by molar-refractivity contribution is 0.0886. The summed E-state index contributed by atoms with van der Waals surface area (Å²) in [6, 6.07) is -0.782. The molecule has 0 aliphatic carbocycles. The van der Waals surface area contributed by atoms with E-state index in [9.17, 15) is 9.59 Å². The second kappa shape index (κ2) is 6.13. The number of carbonyl (C=O) groups excluding carboxylic acids is 1. The van der Waals surface area contributed by atoms with Crippen molar-refractivity contribution in [1.82, 2.24) is 15.2 Å². The molecule has 0 unspecified atom stereocenters. The Labute approximate surface area is 131 Å². The molecule has 7 nitrogen and oxygen atoms in total. The van der Waals surface area contributed by atoms with Gasteiger partial charge in [-0.15, -0.1) is 0 Å². The Balaban J connectivity index is 2.03. The topological polar surface area (TPSA) is 111 Å². The molecule has 1 aliphatic heterocycles. The molecule has 0 spiro atoms. The monoisotopic (exact) mass is 334 g/mol. The molecule has 1 aliphatic rings. The highest BCUT2D eigenvalue weighted by molar-refractivity contribution is 6.44. The summed E-state index contributed by atoms with van der Waals surface area (Å²) in [4.78, 5) is 27.1. The van der Waals surface area contributed by atoms with Gasteiger partial charge in [0.2, 0.25) is 0 Å². The zero-order valence-electron chi connectivity index (χ0n) is 11.3. The van der Waals surface area contributed by atoms with E-state index in [4.69, 9.17) is 34.0 Å². The van der Waals surface area contributed by atoms with Crippen LogP contribution in [0.15, 0.2) is 0 Å².